The van der Waals surface area contributed by atoms with Gasteiger partial charge in [0.25, 0.3) is 5.91 Å². The third-order valence-electron chi connectivity index (χ3n) is 5.15. The lowest BCUT2D eigenvalue weighted by molar-refractivity contribution is -0.139. The molecule has 8 heteroatoms. The number of hydrogen-bond donors (Lipinski definition) is 0. The van der Waals surface area contributed by atoms with Crippen LogP contribution in [0.15, 0.2) is 24.3 Å². The molecule has 1 aromatic rings. The number of benzene rings is 1. The molecular weight excluding hydrogens is 362 g/mol. The molecule has 0 aliphatic carbocycles. The Hall–Kier alpha value is -2.61. The van der Waals surface area contributed by atoms with E-state index in [0.717, 1.165) is 12.8 Å². The van der Waals surface area contributed by atoms with E-state index in [9.17, 15) is 14.4 Å². The third-order valence-corrected chi connectivity index (χ3v) is 5.15. The molecule has 2 saturated heterocycles. The lowest BCUT2D eigenvalue weighted by Crippen LogP contribution is -2.57. The number of hydrogen-bond acceptors (Lipinski definition) is 5. The maximum atomic E-state index is 13.1. The Balaban J connectivity index is 1.72. The number of rotatable bonds is 6. The van der Waals surface area contributed by atoms with Crippen molar-refractivity contribution in [3.8, 4) is 0 Å². The minimum atomic E-state index is -0.391. The van der Waals surface area contributed by atoms with Gasteiger partial charge in [0, 0.05) is 44.0 Å². The maximum Gasteiger partial charge on any atom is 0.414 e. The van der Waals surface area contributed by atoms with Crippen molar-refractivity contribution in [2.45, 2.75) is 25.8 Å². The van der Waals surface area contributed by atoms with E-state index in [4.69, 9.17) is 9.47 Å². The van der Waals surface area contributed by atoms with E-state index in [1.807, 2.05) is 4.90 Å². The highest BCUT2D eigenvalue weighted by Crippen LogP contribution is 2.22. The fraction of sp³-hybridized carbons (Fsp3) is 0.550. The van der Waals surface area contributed by atoms with Gasteiger partial charge in [0.2, 0.25) is 5.91 Å². The SMILES string of the molecule is CCCC1CN(C(=O)c2cccc(N3CCOC3=O)c2)CCN1C(=O)COC. The molecule has 3 amide bonds. The Morgan fingerprint density at radius 3 is 2.75 bits per heavy atom. The van der Waals surface area contributed by atoms with Crippen molar-refractivity contribution in [3.63, 3.8) is 0 Å². The summed E-state index contributed by atoms with van der Waals surface area (Å²) in [6.45, 7) is 4.43. The molecule has 0 bridgehead atoms. The van der Waals surface area contributed by atoms with E-state index in [0.29, 0.717) is 44.0 Å². The van der Waals surface area contributed by atoms with Crippen molar-refractivity contribution in [2.24, 2.45) is 0 Å². The second-order valence-corrected chi connectivity index (χ2v) is 7.03. The van der Waals surface area contributed by atoms with Crippen LogP contribution < -0.4 is 4.90 Å². The predicted molar refractivity (Wildman–Crippen MR) is 103 cm³/mol. The fourth-order valence-electron chi connectivity index (χ4n) is 3.77. The number of nitrogens with zero attached hydrogens (tertiary/aromatic N) is 3. The molecule has 1 aromatic carbocycles. The van der Waals surface area contributed by atoms with Gasteiger partial charge in [-0.2, -0.15) is 0 Å². The maximum absolute atomic E-state index is 13.1. The molecule has 0 saturated carbocycles. The lowest BCUT2D eigenvalue weighted by atomic mass is 10.0. The summed E-state index contributed by atoms with van der Waals surface area (Å²) in [4.78, 5) is 42.3. The van der Waals surface area contributed by atoms with Crippen LogP contribution in [-0.4, -0.2) is 80.3 Å². The second kappa shape index (κ2) is 9.05. The molecule has 2 aliphatic heterocycles. The molecular formula is C20H27N3O5. The zero-order chi connectivity index (χ0) is 20.1. The van der Waals surface area contributed by atoms with E-state index >= 15 is 0 Å². The van der Waals surface area contributed by atoms with Gasteiger partial charge in [0.05, 0.1) is 6.54 Å². The van der Waals surface area contributed by atoms with Crippen molar-refractivity contribution >= 4 is 23.6 Å². The first-order chi connectivity index (χ1) is 13.5. The fourth-order valence-corrected chi connectivity index (χ4v) is 3.77. The number of piperazine rings is 1. The Labute approximate surface area is 165 Å². The molecule has 0 spiro atoms. The predicted octanol–water partition coefficient (Wildman–Crippen LogP) is 1.74. The van der Waals surface area contributed by atoms with E-state index in [1.54, 1.807) is 29.2 Å². The average Bonchev–Trinajstić information content (AvgIpc) is 3.14. The quantitative estimate of drug-likeness (QED) is 0.741. The molecule has 2 heterocycles. The second-order valence-electron chi connectivity index (χ2n) is 7.03. The van der Waals surface area contributed by atoms with Gasteiger partial charge in [-0.3, -0.25) is 14.5 Å². The molecule has 0 radical (unpaired) electrons. The van der Waals surface area contributed by atoms with E-state index in [1.165, 1.54) is 12.0 Å². The van der Waals surface area contributed by atoms with Crippen LogP contribution in [0.1, 0.15) is 30.1 Å². The first kappa shape index (κ1) is 20.1. The summed E-state index contributed by atoms with van der Waals surface area (Å²) in [6, 6.07) is 7.04. The first-order valence-electron chi connectivity index (χ1n) is 9.67. The summed E-state index contributed by atoms with van der Waals surface area (Å²) < 4.78 is 9.96. The summed E-state index contributed by atoms with van der Waals surface area (Å²) in [7, 11) is 1.51. The molecule has 8 nitrogen and oxygen atoms in total. The summed E-state index contributed by atoms with van der Waals surface area (Å²) >= 11 is 0. The largest absolute Gasteiger partial charge is 0.447 e. The van der Waals surface area contributed by atoms with Gasteiger partial charge in [-0.1, -0.05) is 19.4 Å². The van der Waals surface area contributed by atoms with Crippen molar-refractivity contribution in [2.75, 3.05) is 51.4 Å². The van der Waals surface area contributed by atoms with Gasteiger partial charge >= 0.3 is 6.09 Å². The Bertz CT molecular complexity index is 738. The molecule has 2 aliphatic rings. The van der Waals surface area contributed by atoms with Gasteiger partial charge in [0.1, 0.15) is 13.2 Å². The number of ether oxygens (including phenoxy) is 2. The number of anilines is 1. The molecule has 1 atom stereocenters. The number of carbonyl (C=O) groups is 3. The first-order valence-corrected chi connectivity index (χ1v) is 9.67. The van der Waals surface area contributed by atoms with E-state index < -0.39 is 6.09 Å². The van der Waals surface area contributed by atoms with Gasteiger partial charge in [0.15, 0.2) is 0 Å². The summed E-state index contributed by atoms with van der Waals surface area (Å²) in [5, 5.41) is 0. The van der Waals surface area contributed by atoms with Crippen LogP contribution in [0.25, 0.3) is 0 Å². The molecule has 0 N–H and O–H groups in total. The Kier molecular flexibility index (Phi) is 6.51. The normalized spacial score (nSPS) is 19.7. The number of amides is 3. The lowest BCUT2D eigenvalue weighted by Gasteiger charge is -2.41. The Morgan fingerprint density at radius 1 is 1.25 bits per heavy atom. The van der Waals surface area contributed by atoms with Gasteiger partial charge in [-0.25, -0.2) is 4.79 Å². The highest BCUT2D eigenvalue weighted by Gasteiger charge is 2.32. The van der Waals surface area contributed by atoms with Gasteiger partial charge in [-0.05, 0) is 24.6 Å². The molecule has 1 unspecified atom stereocenters. The smallest absolute Gasteiger partial charge is 0.414 e. The van der Waals surface area contributed by atoms with Crippen molar-refractivity contribution in [1.82, 2.24) is 9.80 Å². The van der Waals surface area contributed by atoms with Gasteiger partial charge < -0.3 is 19.3 Å². The van der Waals surface area contributed by atoms with E-state index in [2.05, 4.69) is 6.92 Å². The van der Waals surface area contributed by atoms with Crippen molar-refractivity contribution < 1.29 is 23.9 Å². The van der Waals surface area contributed by atoms with Crippen LogP contribution in [0.5, 0.6) is 0 Å². The van der Waals surface area contributed by atoms with Crippen LogP contribution in [0, 0.1) is 0 Å². The van der Waals surface area contributed by atoms with Gasteiger partial charge in [-0.15, -0.1) is 0 Å². The average molecular weight is 389 g/mol. The zero-order valence-corrected chi connectivity index (χ0v) is 16.4. The summed E-state index contributed by atoms with van der Waals surface area (Å²) in [5.41, 5.74) is 1.19. The van der Waals surface area contributed by atoms with Crippen LogP contribution in [0.2, 0.25) is 0 Å². The standard InChI is InChI=1S/C20H27N3O5/c1-3-5-17-13-21(8-9-22(17)18(24)14-27-2)19(25)15-6-4-7-16(12-15)23-10-11-28-20(23)26/h4,6-7,12,17H,3,5,8-11,13-14H2,1-2H3. The number of methoxy groups -OCH3 is 1. The number of cyclic esters (lactones) is 1. The van der Waals surface area contributed by atoms with Crippen LogP contribution in [0.3, 0.4) is 0 Å². The van der Waals surface area contributed by atoms with E-state index in [-0.39, 0.29) is 24.5 Å². The molecule has 3 rings (SSSR count). The summed E-state index contributed by atoms with van der Waals surface area (Å²) in [6.07, 6.45) is 1.37. The van der Waals surface area contributed by atoms with Crippen LogP contribution >= 0.6 is 0 Å². The topological polar surface area (TPSA) is 79.4 Å². The minimum Gasteiger partial charge on any atom is -0.447 e. The van der Waals surface area contributed by atoms with Crippen molar-refractivity contribution in [1.29, 1.82) is 0 Å². The van der Waals surface area contributed by atoms with Crippen molar-refractivity contribution in [3.05, 3.63) is 29.8 Å². The molecule has 28 heavy (non-hydrogen) atoms. The molecule has 0 aromatic heterocycles. The minimum absolute atomic E-state index is 0.0120. The monoisotopic (exact) mass is 389 g/mol. The Morgan fingerprint density at radius 2 is 2.07 bits per heavy atom. The third kappa shape index (κ3) is 4.27. The van der Waals surface area contributed by atoms with Crippen LogP contribution in [-0.2, 0) is 14.3 Å². The summed E-state index contributed by atoms with van der Waals surface area (Å²) in [5.74, 6) is -0.128. The molecule has 152 valence electrons. The molecule has 2 fully saturated rings. The zero-order valence-electron chi connectivity index (χ0n) is 16.4. The van der Waals surface area contributed by atoms with Crippen LogP contribution in [0.4, 0.5) is 10.5 Å². The highest BCUT2D eigenvalue weighted by molar-refractivity contribution is 5.97. The number of carbonyl (C=O) groups excluding carboxylic acids is 3. The highest BCUT2D eigenvalue weighted by atomic mass is 16.6.